The SMILES string of the molecule is CNC(=O)c1cc(-c2ccc(Cl)cc2)n(-c2ccc(C)cc2)n1. The van der Waals surface area contributed by atoms with Crippen LogP contribution in [0.2, 0.25) is 5.02 Å². The number of hydrogen-bond acceptors (Lipinski definition) is 2. The summed E-state index contributed by atoms with van der Waals surface area (Å²) in [6.07, 6.45) is 0. The highest BCUT2D eigenvalue weighted by molar-refractivity contribution is 6.30. The van der Waals surface area contributed by atoms with Gasteiger partial charge in [-0.3, -0.25) is 4.79 Å². The second kappa shape index (κ2) is 6.26. The Balaban J connectivity index is 2.16. The third-order valence-corrected chi connectivity index (χ3v) is 3.84. The lowest BCUT2D eigenvalue weighted by atomic mass is 10.1. The summed E-state index contributed by atoms with van der Waals surface area (Å²) in [4.78, 5) is 11.9. The summed E-state index contributed by atoms with van der Waals surface area (Å²) in [6, 6.07) is 17.2. The van der Waals surface area contributed by atoms with E-state index in [1.54, 1.807) is 17.8 Å². The predicted molar refractivity (Wildman–Crippen MR) is 92.1 cm³/mol. The Labute approximate surface area is 139 Å². The largest absolute Gasteiger partial charge is 0.354 e. The van der Waals surface area contributed by atoms with Crippen molar-refractivity contribution in [2.45, 2.75) is 6.92 Å². The smallest absolute Gasteiger partial charge is 0.271 e. The van der Waals surface area contributed by atoms with Crippen LogP contribution >= 0.6 is 11.6 Å². The fraction of sp³-hybridized carbons (Fsp3) is 0.111. The number of amides is 1. The summed E-state index contributed by atoms with van der Waals surface area (Å²) >= 11 is 5.96. The Kier molecular flexibility index (Phi) is 4.17. The Morgan fingerprint density at radius 3 is 2.35 bits per heavy atom. The van der Waals surface area contributed by atoms with Crippen LogP contribution in [-0.4, -0.2) is 22.7 Å². The minimum atomic E-state index is -0.217. The van der Waals surface area contributed by atoms with Crippen molar-refractivity contribution in [3.8, 4) is 16.9 Å². The maximum atomic E-state index is 11.9. The third-order valence-electron chi connectivity index (χ3n) is 3.59. The second-order valence-electron chi connectivity index (χ2n) is 5.25. The van der Waals surface area contributed by atoms with Crippen LogP contribution in [0.3, 0.4) is 0 Å². The quantitative estimate of drug-likeness (QED) is 0.794. The van der Waals surface area contributed by atoms with Gasteiger partial charge in [0.05, 0.1) is 11.4 Å². The number of aromatic nitrogens is 2. The van der Waals surface area contributed by atoms with Crippen LogP contribution in [0, 0.1) is 6.92 Å². The van der Waals surface area contributed by atoms with Crippen molar-refractivity contribution in [2.75, 3.05) is 7.05 Å². The molecular weight excluding hydrogens is 310 g/mol. The molecule has 0 bridgehead atoms. The molecule has 0 saturated heterocycles. The van der Waals surface area contributed by atoms with Crippen LogP contribution in [0.25, 0.3) is 16.9 Å². The summed E-state index contributed by atoms with van der Waals surface area (Å²) in [6.45, 7) is 2.03. The second-order valence-corrected chi connectivity index (χ2v) is 5.68. The summed E-state index contributed by atoms with van der Waals surface area (Å²) in [7, 11) is 1.59. The van der Waals surface area contributed by atoms with E-state index in [1.807, 2.05) is 55.5 Å². The van der Waals surface area contributed by atoms with E-state index < -0.39 is 0 Å². The molecule has 3 rings (SSSR count). The first-order chi connectivity index (χ1) is 11.1. The summed E-state index contributed by atoms with van der Waals surface area (Å²) in [5.74, 6) is -0.217. The zero-order valence-electron chi connectivity index (χ0n) is 12.9. The van der Waals surface area contributed by atoms with Crippen molar-refractivity contribution in [1.29, 1.82) is 0 Å². The van der Waals surface area contributed by atoms with Crippen molar-refractivity contribution >= 4 is 17.5 Å². The van der Waals surface area contributed by atoms with Gasteiger partial charge in [-0.1, -0.05) is 41.4 Å². The van der Waals surface area contributed by atoms with Crippen molar-refractivity contribution in [2.24, 2.45) is 0 Å². The van der Waals surface area contributed by atoms with Crippen molar-refractivity contribution in [3.63, 3.8) is 0 Å². The zero-order chi connectivity index (χ0) is 16.4. The van der Waals surface area contributed by atoms with Crippen molar-refractivity contribution in [3.05, 3.63) is 70.9 Å². The molecule has 0 saturated carbocycles. The third kappa shape index (κ3) is 3.12. The number of nitrogens with one attached hydrogen (secondary N) is 1. The van der Waals surface area contributed by atoms with Crippen molar-refractivity contribution in [1.82, 2.24) is 15.1 Å². The summed E-state index contributed by atoms with van der Waals surface area (Å²) < 4.78 is 1.77. The van der Waals surface area contributed by atoms with E-state index in [-0.39, 0.29) is 5.91 Å². The number of benzene rings is 2. The van der Waals surface area contributed by atoms with Gasteiger partial charge in [-0.05, 0) is 37.3 Å². The maximum Gasteiger partial charge on any atom is 0.271 e. The number of halogens is 1. The minimum absolute atomic E-state index is 0.217. The highest BCUT2D eigenvalue weighted by Crippen LogP contribution is 2.25. The van der Waals surface area contributed by atoms with Gasteiger partial charge in [0.25, 0.3) is 5.91 Å². The Hall–Kier alpha value is -2.59. The number of aryl methyl sites for hydroxylation is 1. The van der Waals surface area contributed by atoms with Gasteiger partial charge in [0, 0.05) is 17.6 Å². The van der Waals surface area contributed by atoms with Gasteiger partial charge < -0.3 is 5.32 Å². The number of hydrogen-bond donors (Lipinski definition) is 1. The lowest BCUT2D eigenvalue weighted by Gasteiger charge is -2.08. The lowest BCUT2D eigenvalue weighted by molar-refractivity contribution is 0.0957. The van der Waals surface area contributed by atoms with E-state index >= 15 is 0 Å². The van der Waals surface area contributed by atoms with Gasteiger partial charge in [0.2, 0.25) is 0 Å². The fourth-order valence-corrected chi connectivity index (χ4v) is 2.46. The van der Waals surface area contributed by atoms with E-state index in [9.17, 15) is 4.79 Å². The molecule has 0 unspecified atom stereocenters. The van der Waals surface area contributed by atoms with E-state index in [1.165, 1.54) is 5.56 Å². The van der Waals surface area contributed by atoms with Crippen LogP contribution in [-0.2, 0) is 0 Å². The lowest BCUT2D eigenvalue weighted by Crippen LogP contribution is -2.18. The Bertz CT molecular complexity index is 773. The maximum absolute atomic E-state index is 11.9. The fourth-order valence-electron chi connectivity index (χ4n) is 2.33. The highest BCUT2D eigenvalue weighted by Gasteiger charge is 2.15. The average molecular weight is 326 g/mol. The first-order valence-electron chi connectivity index (χ1n) is 7.23. The minimum Gasteiger partial charge on any atom is -0.354 e. The van der Waals surface area contributed by atoms with Gasteiger partial charge >= 0.3 is 0 Å². The van der Waals surface area contributed by atoms with E-state index in [0.717, 1.165) is 16.9 Å². The standard InChI is InChI=1S/C18H16ClN3O/c1-12-3-9-15(10-4-12)22-17(11-16(21-22)18(23)20-2)13-5-7-14(19)8-6-13/h3-11H,1-2H3,(H,20,23). The van der Waals surface area contributed by atoms with E-state index in [0.29, 0.717) is 10.7 Å². The van der Waals surface area contributed by atoms with Gasteiger partial charge in [0.1, 0.15) is 0 Å². The van der Waals surface area contributed by atoms with Gasteiger partial charge in [-0.15, -0.1) is 0 Å². The normalized spacial score (nSPS) is 10.6. The molecule has 1 heterocycles. The first-order valence-corrected chi connectivity index (χ1v) is 7.61. The zero-order valence-corrected chi connectivity index (χ0v) is 13.6. The number of carbonyl (C=O) groups is 1. The topological polar surface area (TPSA) is 46.9 Å². The van der Waals surface area contributed by atoms with Crippen LogP contribution in [0.15, 0.2) is 54.6 Å². The average Bonchev–Trinajstić information content (AvgIpc) is 3.01. The molecule has 0 aliphatic carbocycles. The van der Waals surface area contributed by atoms with E-state index in [2.05, 4.69) is 10.4 Å². The molecule has 1 N–H and O–H groups in total. The molecule has 1 amide bonds. The molecule has 0 spiro atoms. The molecule has 0 fully saturated rings. The van der Waals surface area contributed by atoms with Crippen molar-refractivity contribution < 1.29 is 4.79 Å². The summed E-state index contributed by atoms with van der Waals surface area (Å²) in [5.41, 5.74) is 4.22. The molecule has 0 atom stereocenters. The molecule has 4 nitrogen and oxygen atoms in total. The highest BCUT2D eigenvalue weighted by atomic mass is 35.5. The number of nitrogens with zero attached hydrogens (tertiary/aromatic N) is 2. The van der Waals surface area contributed by atoms with Crippen LogP contribution < -0.4 is 5.32 Å². The summed E-state index contributed by atoms with van der Waals surface area (Å²) in [5, 5.41) is 7.73. The first kappa shape index (κ1) is 15.3. The molecule has 0 aliphatic heterocycles. The Morgan fingerprint density at radius 2 is 1.74 bits per heavy atom. The molecule has 0 radical (unpaired) electrons. The predicted octanol–water partition coefficient (Wildman–Crippen LogP) is 3.86. The van der Waals surface area contributed by atoms with Crippen LogP contribution in [0.1, 0.15) is 16.1 Å². The molecule has 116 valence electrons. The van der Waals surface area contributed by atoms with Crippen LogP contribution in [0.5, 0.6) is 0 Å². The van der Waals surface area contributed by atoms with E-state index in [4.69, 9.17) is 11.6 Å². The molecule has 0 aliphatic rings. The van der Waals surface area contributed by atoms with Gasteiger partial charge in [-0.25, -0.2) is 4.68 Å². The molecule has 5 heteroatoms. The van der Waals surface area contributed by atoms with Gasteiger partial charge in [-0.2, -0.15) is 5.10 Å². The molecule has 1 aromatic heterocycles. The molecule has 3 aromatic rings. The molecular formula is C18H16ClN3O. The molecule has 23 heavy (non-hydrogen) atoms. The number of carbonyl (C=O) groups excluding carboxylic acids is 1. The monoisotopic (exact) mass is 325 g/mol. The van der Waals surface area contributed by atoms with Gasteiger partial charge in [0.15, 0.2) is 5.69 Å². The Morgan fingerprint density at radius 1 is 1.09 bits per heavy atom. The van der Waals surface area contributed by atoms with Crippen LogP contribution in [0.4, 0.5) is 0 Å². The molecule has 2 aromatic carbocycles. The number of rotatable bonds is 3.